The molecule has 1 aliphatic heterocycles. The van der Waals surface area contributed by atoms with Crippen LogP contribution in [-0.4, -0.2) is 51.4 Å². The average molecular weight is 537 g/mol. The third kappa shape index (κ3) is 5.08. The molecule has 8 heteroatoms. The summed E-state index contributed by atoms with van der Waals surface area (Å²) in [5.74, 6) is 0.453. The molecule has 0 atom stereocenters. The zero-order valence-electron chi connectivity index (χ0n) is 22.5. The van der Waals surface area contributed by atoms with Gasteiger partial charge in [0.05, 0.1) is 18.5 Å². The van der Waals surface area contributed by atoms with Gasteiger partial charge in [-0.15, -0.1) is 0 Å². The van der Waals surface area contributed by atoms with Crippen LogP contribution in [0.3, 0.4) is 0 Å². The molecule has 0 unspecified atom stereocenters. The molecule has 0 spiro atoms. The average Bonchev–Trinajstić information content (AvgIpc) is 3.50. The van der Waals surface area contributed by atoms with E-state index in [2.05, 4.69) is 75.3 Å². The Bertz CT molecular complexity index is 1590. The molecule has 2 aromatic carbocycles. The first kappa shape index (κ1) is 25.4. The van der Waals surface area contributed by atoms with Crippen LogP contribution in [0.4, 0.5) is 5.69 Å². The number of imidazole rings is 1. The molecule has 7 nitrogen and oxygen atoms in total. The van der Waals surface area contributed by atoms with Crippen LogP contribution >= 0.6 is 11.8 Å². The largest absolute Gasteiger partial charge is 0.468 e. The molecule has 1 N–H and O–H groups in total. The Morgan fingerprint density at radius 3 is 2.54 bits per heavy atom. The van der Waals surface area contributed by atoms with Crippen molar-refractivity contribution < 1.29 is 4.74 Å². The summed E-state index contributed by atoms with van der Waals surface area (Å²) in [6, 6.07) is 20.0. The second-order valence-electron chi connectivity index (χ2n) is 9.81. The zero-order valence-corrected chi connectivity index (χ0v) is 23.3. The van der Waals surface area contributed by atoms with Gasteiger partial charge in [0.25, 0.3) is 6.01 Å². The quantitative estimate of drug-likeness (QED) is 0.182. The van der Waals surface area contributed by atoms with E-state index in [4.69, 9.17) is 14.7 Å². The Morgan fingerprint density at radius 2 is 1.82 bits per heavy atom. The maximum absolute atomic E-state index is 5.24. The molecule has 0 saturated carbocycles. The van der Waals surface area contributed by atoms with E-state index in [0.717, 1.165) is 76.6 Å². The van der Waals surface area contributed by atoms with E-state index in [1.54, 1.807) is 7.11 Å². The Balaban J connectivity index is 1.34. The van der Waals surface area contributed by atoms with Crippen molar-refractivity contribution in [3.8, 4) is 28.4 Å². The van der Waals surface area contributed by atoms with Gasteiger partial charge in [-0.25, -0.2) is 19.9 Å². The highest BCUT2D eigenvalue weighted by atomic mass is 32.2. The first-order valence-electron chi connectivity index (χ1n) is 13.4. The summed E-state index contributed by atoms with van der Waals surface area (Å²) in [4.78, 5) is 24.5. The highest BCUT2D eigenvalue weighted by molar-refractivity contribution is 7.98. The third-order valence-electron chi connectivity index (χ3n) is 7.57. The fraction of sp³-hybridized carbons (Fsp3) is 0.290. The number of hydrogen-bond acceptors (Lipinski definition) is 7. The van der Waals surface area contributed by atoms with E-state index in [1.807, 2.05) is 24.7 Å². The fourth-order valence-corrected chi connectivity index (χ4v) is 5.81. The number of aromatic nitrogens is 5. The Hall–Kier alpha value is -3.91. The highest BCUT2D eigenvalue weighted by Gasteiger charge is 2.24. The Kier molecular flexibility index (Phi) is 7.20. The maximum Gasteiger partial charge on any atom is 0.293 e. The third-order valence-corrected chi connectivity index (χ3v) is 8.13. The molecule has 39 heavy (non-hydrogen) atoms. The van der Waals surface area contributed by atoms with Crippen molar-refractivity contribution in [2.24, 2.45) is 0 Å². The molecule has 4 heterocycles. The van der Waals surface area contributed by atoms with Crippen molar-refractivity contribution in [3.63, 3.8) is 0 Å². The first-order valence-corrected chi connectivity index (χ1v) is 14.6. The van der Waals surface area contributed by atoms with E-state index >= 15 is 0 Å². The predicted octanol–water partition coefficient (Wildman–Crippen LogP) is 6.76. The van der Waals surface area contributed by atoms with E-state index in [-0.39, 0.29) is 0 Å². The summed E-state index contributed by atoms with van der Waals surface area (Å²) < 4.78 is 5.24. The number of nitrogens with one attached hydrogen (secondary N) is 1. The zero-order chi connectivity index (χ0) is 26.8. The number of nitrogens with zero attached hydrogens (tertiary/aromatic N) is 5. The lowest BCUT2D eigenvalue weighted by molar-refractivity contribution is 0.382. The molecule has 0 bridgehead atoms. The number of benzene rings is 2. The van der Waals surface area contributed by atoms with Crippen molar-refractivity contribution >= 4 is 28.5 Å². The monoisotopic (exact) mass is 536 g/mol. The molecule has 5 aromatic rings. The van der Waals surface area contributed by atoms with Crippen molar-refractivity contribution in [2.45, 2.75) is 37.3 Å². The van der Waals surface area contributed by atoms with E-state index < -0.39 is 0 Å². The van der Waals surface area contributed by atoms with Crippen LogP contribution in [-0.2, 0) is 6.42 Å². The maximum atomic E-state index is 5.24. The van der Waals surface area contributed by atoms with Crippen molar-refractivity contribution in [1.29, 1.82) is 0 Å². The molecule has 1 fully saturated rings. The summed E-state index contributed by atoms with van der Waals surface area (Å²) in [6.07, 6.45) is 8.94. The van der Waals surface area contributed by atoms with Crippen LogP contribution in [0.25, 0.3) is 33.4 Å². The van der Waals surface area contributed by atoms with E-state index in [9.17, 15) is 0 Å². The molecule has 0 amide bonds. The molecular weight excluding hydrogens is 504 g/mol. The van der Waals surface area contributed by atoms with Gasteiger partial charge in [-0.1, -0.05) is 55.1 Å². The molecule has 0 radical (unpaired) electrons. The van der Waals surface area contributed by atoms with Gasteiger partial charge < -0.3 is 14.6 Å². The van der Waals surface area contributed by atoms with Gasteiger partial charge in [-0.3, -0.25) is 0 Å². The minimum Gasteiger partial charge on any atom is -0.468 e. The van der Waals surface area contributed by atoms with Crippen molar-refractivity contribution in [2.75, 3.05) is 31.4 Å². The number of thioether (sulfide) groups is 1. The van der Waals surface area contributed by atoms with E-state index in [1.165, 1.54) is 23.0 Å². The number of aromatic amines is 1. The minimum absolute atomic E-state index is 0.453. The second kappa shape index (κ2) is 11.1. The van der Waals surface area contributed by atoms with Crippen molar-refractivity contribution in [3.05, 3.63) is 78.2 Å². The molecule has 198 valence electrons. The molecular formula is C31H32N6OS. The predicted molar refractivity (Wildman–Crippen MR) is 159 cm³/mol. The van der Waals surface area contributed by atoms with Gasteiger partial charge in [0.1, 0.15) is 0 Å². The smallest absolute Gasteiger partial charge is 0.293 e. The van der Waals surface area contributed by atoms with Crippen LogP contribution in [0, 0.1) is 0 Å². The first-order chi connectivity index (χ1) is 19.2. The van der Waals surface area contributed by atoms with Gasteiger partial charge in [-0.2, -0.15) is 0 Å². The highest BCUT2D eigenvalue weighted by Crippen LogP contribution is 2.37. The number of fused-ring (bicyclic) bond motifs is 1. The van der Waals surface area contributed by atoms with Gasteiger partial charge in [-0.05, 0) is 54.8 Å². The number of rotatable bonds is 7. The SMILES string of the molecule is CCc1cc(-c2nc3nc(SC)ncc3cc2-c2ccccc2)ccc1N1CCC(c2c[nH]c(OC)n2)CC1. The number of ether oxygens (including phenoxy) is 1. The topological polar surface area (TPSA) is 79.8 Å². The van der Waals surface area contributed by atoms with Gasteiger partial charge in [0.2, 0.25) is 0 Å². The summed E-state index contributed by atoms with van der Waals surface area (Å²) >= 11 is 1.53. The number of piperidine rings is 1. The standard InChI is InChI=1S/C31H32N6OS/c1-4-20-16-23(10-11-27(20)37-14-12-22(13-15-37)26-19-32-30(34-26)38-2)28-25(21-8-6-5-7-9-21)17-24-18-33-31(39-3)36-29(24)35-28/h5-11,16-19,22H,4,12-15H2,1-3H3,(H,32,34). The summed E-state index contributed by atoms with van der Waals surface area (Å²) in [7, 11) is 1.65. The summed E-state index contributed by atoms with van der Waals surface area (Å²) in [5, 5.41) is 1.68. The van der Waals surface area contributed by atoms with Crippen LogP contribution in [0.15, 0.2) is 72.1 Å². The van der Waals surface area contributed by atoms with Crippen LogP contribution in [0.5, 0.6) is 6.01 Å². The Morgan fingerprint density at radius 1 is 1.00 bits per heavy atom. The normalized spacial score (nSPS) is 14.2. The molecule has 1 aliphatic rings. The molecule has 1 saturated heterocycles. The number of H-pyrrole nitrogens is 1. The summed E-state index contributed by atoms with van der Waals surface area (Å²) in [6.45, 7) is 4.24. The molecule has 3 aromatic heterocycles. The fourth-order valence-electron chi connectivity index (χ4n) is 5.48. The van der Waals surface area contributed by atoms with Gasteiger partial charge >= 0.3 is 0 Å². The van der Waals surface area contributed by atoms with Crippen LogP contribution < -0.4 is 9.64 Å². The van der Waals surface area contributed by atoms with Crippen molar-refractivity contribution in [1.82, 2.24) is 24.9 Å². The number of methoxy groups -OCH3 is 1. The lowest BCUT2D eigenvalue weighted by Gasteiger charge is -2.34. The van der Waals surface area contributed by atoms with Gasteiger partial charge in [0.15, 0.2) is 10.8 Å². The van der Waals surface area contributed by atoms with Crippen LogP contribution in [0.2, 0.25) is 0 Å². The number of hydrogen-bond donors (Lipinski definition) is 1. The van der Waals surface area contributed by atoms with Crippen LogP contribution in [0.1, 0.15) is 36.9 Å². The Labute approximate surface area is 233 Å². The lowest BCUT2D eigenvalue weighted by atomic mass is 9.92. The van der Waals surface area contributed by atoms with Gasteiger partial charge in [0, 0.05) is 53.6 Å². The second-order valence-corrected chi connectivity index (χ2v) is 10.6. The number of anilines is 1. The molecule has 0 aliphatic carbocycles. The van der Waals surface area contributed by atoms with E-state index in [0.29, 0.717) is 11.9 Å². The lowest BCUT2D eigenvalue weighted by Crippen LogP contribution is -2.33. The summed E-state index contributed by atoms with van der Waals surface area (Å²) in [5.41, 5.74) is 8.76. The number of pyridine rings is 1. The molecule has 6 rings (SSSR count). The minimum atomic E-state index is 0.453. The number of aryl methyl sites for hydroxylation is 1.